The van der Waals surface area contributed by atoms with Crippen LogP contribution in [-0.4, -0.2) is 29.4 Å². The van der Waals surface area contributed by atoms with Gasteiger partial charge < -0.3 is 5.32 Å². The molecule has 3 heterocycles. The molecule has 0 saturated heterocycles. The van der Waals surface area contributed by atoms with Crippen molar-refractivity contribution in [1.82, 2.24) is 29.4 Å². The Balaban J connectivity index is 1.50. The Labute approximate surface area is 128 Å². The number of aromatic nitrogens is 6. The first-order valence-corrected chi connectivity index (χ1v) is 7.75. The number of hydrogen-bond acceptors (Lipinski definition) is 5. The van der Waals surface area contributed by atoms with Crippen molar-refractivity contribution >= 4 is 11.6 Å². The molecule has 1 aliphatic rings. The van der Waals surface area contributed by atoms with Crippen LogP contribution in [0.1, 0.15) is 43.1 Å². The molecule has 1 saturated carbocycles. The Hall–Kier alpha value is -2.44. The number of aryl methyl sites for hydroxylation is 1. The number of anilines is 1. The minimum absolute atomic E-state index is 0.582. The summed E-state index contributed by atoms with van der Waals surface area (Å²) >= 11 is 0. The highest BCUT2D eigenvalue weighted by Crippen LogP contribution is 2.28. The van der Waals surface area contributed by atoms with Gasteiger partial charge in [0.15, 0.2) is 0 Å². The predicted octanol–water partition coefficient (Wildman–Crippen LogP) is 2.36. The largest absolute Gasteiger partial charge is 0.364 e. The van der Waals surface area contributed by atoms with Crippen LogP contribution in [0.5, 0.6) is 0 Å². The van der Waals surface area contributed by atoms with Crippen LogP contribution in [0, 0.1) is 6.92 Å². The summed E-state index contributed by atoms with van der Waals surface area (Å²) in [6, 6.07) is 4.63. The Kier molecular flexibility index (Phi) is 3.25. The molecule has 114 valence electrons. The van der Waals surface area contributed by atoms with Crippen LogP contribution in [0.3, 0.4) is 0 Å². The molecule has 4 rings (SSSR count). The van der Waals surface area contributed by atoms with E-state index in [1.807, 2.05) is 13.0 Å². The van der Waals surface area contributed by atoms with E-state index in [-0.39, 0.29) is 0 Å². The Bertz CT molecular complexity index is 782. The molecular formula is C15H19N7. The Morgan fingerprint density at radius 1 is 1.32 bits per heavy atom. The van der Waals surface area contributed by atoms with Crippen molar-refractivity contribution in [2.24, 2.45) is 0 Å². The quantitative estimate of drug-likeness (QED) is 0.800. The summed E-state index contributed by atoms with van der Waals surface area (Å²) in [6.45, 7) is 2.62. The van der Waals surface area contributed by atoms with Gasteiger partial charge in [-0.15, -0.1) is 0 Å². The van der Waals surface area contributed by atoms with Gasteiger partial charge >= 0.3 is 0 Å². The Morgan fingerprint density at radius 2 is 2.18 bits per heavy atom. The van der Waals surface area contributed by atoms with Crippen LogP contribution in [0.2, 0.25) is 0 Å². The maximum atomic E-state index is 4.69. The molecule has 1 N–H and O–H groups in total. The molecule has 0 atom stereocenters. The molecule has 0 amide bonds. The predicted molar refractivity (Wildman–Crippen MR) is 82.6 cm³/mol. The van der Waals surface area contributed by atoms with E-state index in [1.54, 1.807) is 4.52 Å². The van der Waals surface area contributed by atoms with Gasteiger partial charge in [-0.05, 0) is 25.8 Å². The van der Waals surface area contributed by atoms with Gasteiger partial charge in [-0.2, -0.15) is 19.7 Å². The number of fused-ring (bicyclic) bond motifs is 1. The van der Waals surface area contributed by atoms with E-state index < -0.39 is 0 Å². The fourth-order valence-electron chi connectivity index (χ4n) is 3.08. The summed E-state index contributed by atoms with van der Waals surface area (Å²) in [5, 5.41) is 12.3. The standard InChI is InChI=1S/C15H19N7/c1-11-8-14(22-15(19-11)17-10-18-22)16-9-12-6-7-21(20-12)13-4-2-3-5-13/h6-8,10,13,16H,2-5,9H2,1H3. The van der Waals surface area contributed by atoms with Gasteiger partial charge in [0.1, 0.15) is 12.1 Å². The third kappa shape index (κ3) is 2.43. The van der Waals surface area contributed by atoms with E-state index in [0.717, 1.165) is 17.2 Å². The second-order valence-electron chi connectivity index (χ2n) is 5.83. The molecule has 22 heavy (non-hydrogen) atoms. The molecule has 7 nitrogen and oxygen atoms in total. The van der Waals surface area contributed by atoms with E-state index >= 15 is 0 Å². The monoisotopic (exact) mass is 297 g/mol. The molecule has 3 aromatic heterocycles. The van der Waals surface area contributed by atoms with E-state index in [1.165, 1.54) is 32.0 Å². The minimum atomic E-state index is 0.582. The van der Waals surface area contributed by atoms with Crippen molar-refractivity contribution in [1.29, 1.82) is 0 Å². The second-order valence-corrected chi connectivity index (χ2v) is 5.83. The van der Waals surface area contributed by atoms with E-state index in [0.29, 0.717) is 18.4 Å². The molecule has 0 unspecified atom stereocenters. The molecule has 0 aliphatic heterocycles. The van der Waals surface area contributed by atoms with Crippen molar-refractivity contribution in [3.05, 3.63) is 36.0 Å². The van der Waals surface area contributed by atoms with Crippen molar-refractivity contribution < 1.29 is 0 Å². The molecule has 7 heteroatoms. The summed E-state index contributed by atoms with van der Waals surface area (Å²) < 4.78 is 3.83. The van der Waals surface area contributed by atoms with Gasteiger partial charge in [0.25, 0.3) is 5.78 Å². The zero-order valence-corrected chi connectivity index (χ0v) is 12.6. The molecule has 0 radical (unpaired) electrons. The highest BCUT2D eigenvalue weighted by Gasteiger charge is 2.17. The number of rotatable bonds is 4. The van der Waals surface area contributed by atoms with Crippen LogP contribution < -0.4 is 5.32 Å². The topological polar surface area (TPSA) is 72.9 Å². The van der Waals surface area contributed by atoms with Gasteiger partial charge in [0.2, 0.25) is 0 Å². The van der Waals surface area contributed by atoms with Crippen LogP contribution in [0.25, 0.3) is 5.78 Å². The van der Waals surface area contributed by atoms with Crippen LogP contribution in [0.15, 0.2) is 24.7 Å². The minimum Gasteiger partial charge on any atom is -0.364 e. The van der Waals surface area contributed by atoms with Crippen molar-refractivity contribution in [3.8, 4) is 0 Å². The fourth-order valence-corrected chi connectivity index (χ4v) is 3.08. The van der Waals surface area contributed by atoms with E-state index in [9.17, 15) is 0 Å². The highest BCUT2D eigenvalue weighted by molar-refractivity contribution is 5.44. The van der Waals surface area contributed by atoms with E-state index in [2.05, 4.69) is 37.3 Å². The fraction of sp³-hybridized carbons (Fsp3) is 0.467. The summed E-state index contributed by atoms with van der Waals surface area (Å²) in [5.74, 6) is 1.49. The summed E-state index contributed by atoms with van der Waals surface area (Å²) in [7, 11) is 0. The molecule has 1 fully saturated rings. The molecule has 3 aromatic rings. The van der Waals surface area contributed by atoms with Gasteiger partial charge in [0.05, 0.1) is 18.3 Å². The average Bonchev–Trinajstić information content (AvgIpc) is 3.24. The average molecular weight is 297 g/mol. The van der Waals surface area contributed by atoms with Crippen LogP contribution in [0.4, 0.5) is 5.82 Å². The number of hydrogen-bond donors (Lipinski definition) is 1. The molecule has 0 bridgehead atoms. The van der Waals surface area contributed by atoms with Crippen molar-refractivity contribution in [2.75, 3.05) is 5.32 Å². The zero-order chi connectivity index (χ0) is 14.9. The van der Waals surface area contributed by atoms with Crippen LogP contribution >= 0.6 is 0 Å². The zero-order valence-electron chi connectivity index (χ0n) is 12.6. The van der Waals surface area contributed by atoms with Gasteiger partial charge in [-0.3, -0.25) is 4.68 Å². The third-order valence-corrected chi connectivity index (χ3v) is 4.19. The Morgan fingerprint density at radius 3 is 3.05 bits per heavy atom. The number of nitrogens with zero attached hydrogens (tertiary/aromatic N) is 6. The summed E-state index contributed by atoms with van der Waals surface area (Å²) in [6.07, 6.45) is 8.74. The smallest absolute Gasteiger partial charge is 0.254 e. The normalized spacial score (nSPS) is 15.7. The maximum Gasteiger partial charge on any atom is 0.254 e. The lowest BCUT2D eigenvalue weighted by Gasteiger charge is -2.09. The van der Waals surface area contributed by atoms with Gasteiger partial charge in [0, 0.05) is 18.0 Å². The van der Waals surface area contributed by atoms with Gasteiger partial charge in [-0.25, -0.2) is 4.98 Å². The second kappa shape index (κ2) is 5.40. The highest BCUT2D eigenvalue weighted by atomic mass is 15.4. The number of nitrogens with one attached hydrogen (secondary N) is 1. The first-order chi connectivity index (χ1) is 10.8. The van der Waals surface area contributed by atoms with Gasteiger partial charge in [-0.1, -0.05) is 12.8 Å². The van der Waals surface area contributed by atoms with Crippen LogP contribution in [-0.2, 0) is 6.54 Å². The summed E-state index contributed by atoms with van der Waals surface area (Å²) in [4.78, 5) is 8.47. The first kappa shape index (κ1) is 13.2. The molecule has 0 aromatic carbocycles. The van der Waals surface area contributed by atoms with Crippen molar-refractivity contribution in [2.45, 2.75) is 45.2 Å². The lowest BCUT2D eigenvalue weighted by molar-refractivity contribution is 0.463. The molecule has 1 aliphatic carbocycles. The molecule has 0 spiro atoms. The lowest BCUT2D eigenvalue weighted by atomic mass is 10.3. The summed E-state index contributed by atoms with van der Waals surface area (Å²) in [5.41, 5.74) is 1.95. The van der Waals surface area contributed by atoms with Crippen molar-refractivity contribution in [3.63, 3.8) is 0 Å². The SMILES string of the molecule is Cc1cc(NCc2ccn(C3CCCC3)n2)n2ncnc2n1. The third-order valence-electron chi connectivity index (χ3n) is 4.19. The lowest BCUT2D eigenvalue weighted by Crippen LogP contribution is -2.09. The first-order valence-electron chi connectivity index (χ1n) is 7.75. The maximum absolute atomic E-state index is 4.69. The molecular weight excluding hydrogens is 278 g/mol. The van der Waals surface area contributed by atoms with E-state index in [4.69, 9.17) is 5.10 Å².